The number of benzene rings is 2. The molecule has 8 heteroatoms. The number of nitro groups is 1. The lowest BCUT2D eigenvalue weighted by atomic mass is 10.1. The molecule has 0 radical (unpaired) electrons. The average molecular weight is 377 g/mol. The second kappa shape index (κ2) is 8.44. The topological polar surface area (TPSA) is 89.8 Å². The largest absolute Gasteiger partial charge is 0.468 e. The van der Waals surface area contributed by atoms with Gasteiger partial charge in [-0.05, 0) is 30.2 Å². The number of nitro benzene ring substituents is 1. The summed E-state index contributed by atoms with van der Waals surface area (Å²) in [5.74, 6) is -1.12. The Kier molecular flexibility index (Phi) is 6.30. The minimum atomic E-state index is -0.662. The molecule has 7 nitrogen and oxygen atoms in total. The molecule has 0 aliphatic rings. The van der Waals surface area contributed by atoms with Crippen LogP contribution in [0.5, 0.6) is 0 Å². The van der Waals surface area contributed by atoms with Gasteiger partial charge in [-0.3, -0.25) is 19.7 Å². The predicted octanol–water partition coefficient (Wildman–Crippen LogP) is 3.37. The van der Waals surface area contributed by atoms with E-state index in [0.717, 1.165) is 17.2 Å². The van der Waals surface area contributed by atoms with E-state index in [1.165, 1.54) is 24.1 Å². The number of carbonyl (C=O) groups excluding carboxylic acids is 2. The van der Waals surface area contributed by atoms with Gasteiger partial charge in [0.15, 0.2) is 0 Å². The van der Waals surface area contributed by atoms with Gasteiger partial charge in [0.2, 0.25) is 0 Å². The number of ether oxygens (including phenoxy) is 1. The zero-order chi connectivity index (χ0) is 19.3. The fourth-order valence-electron chi connectivity index (χ4n) is 2.38. The number of halogens is 1. The first-order chi connectivity index (χ1) is 12.3. The van der Waals surface area contributed by atoms with Crippen molar-refractivity contribution in [2.45, 2.75) is 13.5 Å². The molecule has 0 aromatic heterocycles. The molecule has 0 saturated carbocycles. The van der Waals surface area contributed by atoms with Crippen LogP contribution in [0.15, 0.2) is 42.5 Å². The van der Waals surface area contributed by atoms with Crippen LogP contribution in [0.1, 0.15) is 21.5 Å². The van der Waals surface area contributed by atoms with Crippen LogP contribution in [0.25, 0.3) is 0 Å². The molecule has 0 saturated heterocycles. The Morgan fingerprint density at radius 1 is 1.23 bits per heavy atom. The van der Waals surface area contributed by atoms with Crippen LogP contribution in [-0.2, 0) is 16.1 Å². The smallest absolute Gasteiger partial charge is 0.325 e. The minimum Gasteiger partial charge on any atom is -0.468 e. The van der Waals surface area contributed by atoms with Crippen LogP contribution in [0.4, 0.5) is 5.69 Å². The monoisotopic (exact) mass is 376 g/mol. The van der Waals surface area contributed by atoms with E-state index in [1.54, 1.807) is 0 Å². The number of nitrogens with zero attached hydrogens (tertiary/aromatic N) is 2. The van der Waals surface area contributed by atoms with Gasteiger partial charge >= 0.3 is 5.97 Å². The standard InChI is InChI=1S/C18H17ClN2O5/c1-12-5-3-4-6-14(12)10-20(11-17(22)26-2)18(23)13-7-8-15(19)16(9-13)21(24)25/h3-9H,10-11H2,1-2H3. The van der Waals surface area contributed by atoms with E-state index in [2.05, 4.69) is 4.74 Å². The van der Waals surface area contributed by atoms with Crippen molar-refractivity contribution in [2.75, 3.05) is 13.7 Å². The molecule has 0 atom stereocenters. The predicted molar refractivity (Wildman–Crippen MR) is 96.0 cm³/mol. The molecule has 0 unspecified atom stereocenters. The second-order valence-corrected chi connectivity index (χ2v) is 5.99. The molecule has 0 fully saturated rings. The Morgan fingerprint density at radius 2 is 1.92 bits per heavy atom. The normalized spacial score (nSPS) is 10.3. The molecule has 2 aromatic rings. The summed E-state index contributed by atoms with van der Waals surface area (Å²) in [6.45, 7) is 1.78. The van der Waals surface area contributed by atoms with Crippen molar-refractivity contribution in [1.29, 1.82) is 0 Å². The number of hydrogen-bond donors (Lipinski definition) is 0. The molecular weight excluding hydrogens is 360 g/mol. The number of hydrogen-bond acceptors (Lipinski definition) is 5. The average Bonchev–Trinajstić information content (AvgIpc) is 2.62. The maximum absolute atomic E-state index is 12.9. The molecule has 2 aromatic carbocycles. The molecule has 0 bridgehead atoms. The maximum atomic E-state index is 12.9. The third-order valence-corrected chi connectivity index (χ3v) is 4.17. The van der Waals surface area contributed by atoms with Gasteiger partial charge in [0.1, 0.15) is 11.6 Å². The summed E-state index contributed by atoms with van der Waals surface area (Å²) in [5, 5.41) is 11.0. The fraction of sp³-hybridized carbons (Fsp3) is 0.222. The Labute approximate surface area is 155 Å². The summed E-state index contributed by atoms with van der Waals surface area (Å²) < 4.78 is 4.65. The lowest BCUT2D eigenvalue weighted by molar-refractivity contribution is -0.384. The third-order valence-electron chi connectivity index (χ3n) is 3.85. The van der Waals surface area contributed by atoms with Gasteiger partial charge in [-0.2, -0.15) is 0 Å². The van der Waals surface area contributed by atoms with E-state index in [1.807, 2.05) is 31.2 Å². The molecule has 1 amide bonds. The second-order valence-electron chi connectivity index (χ2n) is 5.59. The number of methoxy groups -OCH3 is 1. The van der Waals surface area contributed by atoms with Crippen molar-refractivity contribution in [1.82, 2.24) is 4.90 Å². The van der Waals surface area contributed by atoms with E-state index < -0.39 is 16.8 Å². The van der Waals surface area contributed by atoms with Gasteiger partial charge in [0, 0.05) is 18.2 Å². The van der Waals surface area contributed by atoms with Crippen LogP contribution in [0.3, 0.4) is 0 Å². The van der Waals surface area contributed by atoms with Crippen LogP contribution >= 0.6 is 11.6 Å². The summed E-state index contributed by atoms with van der Waals surface area (Å²) in [6, 6.07) is 11.2. The first-order valence-corrected chi connectivity index (χ1v) is 8.05. The van der Waals surface area contributed by atoms with Gasteiger partial charge in [0.25, 0.3) is 11.6 Å². The van der Waals surface area contributed by atoms with Crippen LogP contribution in [0, 0.1) is 17.0 Å². The highest BCUT2D eigenvalue weighted by atomic mass is 35.5. The van der Waals surface area contributed by atoms with E-state index >= 15 is 0 Å². The van der Waals surface area contributed by atoms with Crippen molar-refractivity contribution in [2.24, 2.45) is 0 Å². The number of amides is 1. The molecule has 0 aliphatic heterocycles. The van der Waals surface area contributed by atoms with Crippen molar-refractivity contribution in [3.8, 4) is 0 Å². The summed E-state index contributed by atoms with van der Waals surface area (Å²) >= 11 is 5.79. The summed E-state index contributed by atoms with van der Waals surface area (Å²) in [4.78, 5) is 36.2. The molecule has 0 aliphatic carbocycles. The summed E-state index contributed by atoms with van der Waals surface area (Å²) in [7, 11) is 1.23. The van der Waals surface area contributed by atoms with Crippen molar-refractivity contribution in [3.63, 3.8) is 0 Å². The highest BCUT2D eigenvalue weighted by Crippen LogP contribution is 2.26. The first kappa shape index (κ1) is 19.4. The fourth-order valence-corrected chi connectivity index (χ4v) is 2.57. The van der Waals surface area contributed by atoms with E-state index in [9.17, 15) is 19.7 Å². The Morgan fingerprint density at radius 3 is 2.54 bits per heavy atom. The minimum absolute atomic E-state index is 0.0648. The lowest BCUT2D eigenvalue weighted by Gasteiger charge is -2.22. The number of rotatable bonds is 6. The summed E-state index contributed by atoms with van der Waals surface area (Å²) in [5.41, 5.74) is 1.51. The highest BCUT2D eigenvalue weighted by molar-refractivity contribution is 6.32. The zero-order valence-electron chi connectivity index (χ0n) is 14.3. The molecule has 2 rings (SSSR count). The first-order valence-electron chi connectivity index (χ1n) is 7.68. The molecule has 0 heterocycles. The van der Waals surface area contributed by atoms with E-state index in [0.29, 0.717) is 0 Å². The zero-order valence-corrected chi connectivity index (χ0v) is 15.0. The highest BCUT2D eigenvalue weighted by Gasteiger charge is 2.23. The van der Waals surface area contributed by atoms with Crippen LogP contribution in [0.2, 0.25) is 5.02 Å². The Hall–Kier alpha value is -2.93. The number of carbonyl (C=O) groups is 2. The van der Waals surface area contributed by atoms with Gasteiger partial charge in [0.05, 0.1) is 12.0 Å². The Bertz CT molecular complexity index is 853. The molecule has 136 valence electrons. The van der Waals surface area contributed by atoms with Gasteiger partial charge in [-0.1, -0.05) is 35.9 Å². The van der Waals surface area contributed by atoms with Crippen LogP contribution in [-0.4, -0.2) is 35.4 Å². The SMILES string of the molecule is COC(=O)CN(Cc1ccccc1C)C(=O)c1ccc(Cl)c([N+](=O)[O-])c1. The summed E-state index contributed by atoms with van der Waals surface area (Å²) in [6.07, 6.45) is 0. The van der Waals surface area contributed by atoms with Crippen molar-refractivity contribution >= 4 is 29.2 Å². The van der Waals surface area contributed by atoms with Crippen LogP contribution < -0.4 is 0 Å². The Balaban J connectivity index is 2.37. The molecule has 0 spiro atoms. The lowest BCUT2D eigenvalue weighted by Crippen LogP contribution is -2.36. The molecule has 26 heavy (non-hydrogen) atoms. The molecular formula is C18H17ClN2O5. The number of aryl methyl sites for hydroxylation is 1. The van der Waals surface area contributed by atoms with E-state index in [4.69, 9.17) is 11.6 Å². The van der Waals surface area contributed by atoms with E-state index in [-0.39, 0.29) is 29.4 Å². The van der Waals surface area contributed by atoms with Gasteiger partial charge in [-0.25, -0.2) is 0 Å². The van der Waals surface area contributed by atoms with Crippen molar-refractivity contribution < 1.29 is 19.2 Å². The third kappa shape index (κ3) is 4.58. The maximum Gasteiger partial charge on any atom is 0.325 e. The van der Waals surface area contributed by atoms with Crippen molar-refractivity contribution in [3.05, 3.63) is 74.3 Å². The van der Waals surface area contributed by atoms with Gasteiger partial charge in [-0.15, -0.1) is 0 Å². The number of esters is 1. The van der Waals surface area contributed by atoms with Gasteiger partial charge < -0.3 is 9.64 Å². The molecule has 0 N–H and O–H groups in total. The quantitative estimate of drug-likeness (QED) is 0.438.